The van der Waals surface area contributed by atoms with Crippen LogP contribution in [0.1, 0.15) is 54.9 Å². The topological polar surface area (TPSA) is 90.0 Å². The number of aliphatic hydroxyl groups is 1. The molecule has 0 aliphatic heterocycles. The number of hydrogen-bond donors (Lipinski definition) is 2. The zero-order valence-electron chi connectivity index (χ0n) is 17.2. The van der Waals surface area contributed by atoms with Crippen LogP contribution in [0.3, 0.4) is 0 Å². The Bertz CT molecular complexity index is 534. The molecular formula is C17H37N3O4S. The van der Waals surface area contributed by atoms with E-state index in [1.807, 2.05) is 41.5 Å². The summed E-state index contributed by atoms with van der Waals surface area (Å²) in [5.41, 5.74) is -0.523. The van der Waals surface area contributed by atoms with Crippen molar-refractivity contribution in [1.29, 1.82) is 0 Å². The molecule has 7 nitrogen and oxygen atoms in total. The van der Waals surface area contributed by atoms with Gasteiger partial charge in [-0.05, 0) is 33.1 Å². The lowest BCUT2D eigenvalue weighted by atomic mass is 9.97. The van der Waals surface area contributed by atoms with Crippen LogP contribution in [0.25, 0.3) is 0 Å². The molecule has 150 valence electrons. The van der Waals surface area contributed by atoms with Crippen LogP contribution in [-0.4, -0.2) is 66.4 Å². The molecule has 0 fully saturated rings. The second kappa shape index (κ2) is 9.30. The molecule has 0 saturated heterocycles. The van der Waals surface area contributed by atoms with E-state index in [-0.39, 0.29) is 24.3 Å². The van der Waals surface area contributed by atoms with Gasteiger partial charge in [0.15, 0.2) is 0 Å². The van der Waals surface area contributed by atoms with Gasteiger partial charge in [-0.2, -0.15) is 17.0 Å². The standard InChI is InChI=1S/C17H37N3O4S/c1-10-17(6,7)20(9)25(23,24)19(8)11-15(21)14(5)18-16(22)13(4)12(2)3/h12-15,21H,10-11H2,1-9H3,(H,18,22). The molecule has 0 saturated carbocycles. The van der Waals surface area contributed by atoms with Crippen LogP contribution in [0.4, 0.5) is 0 Å². The lowest BCUT2D eigenvalue weighted by molar-refractivity contribution is -0.127. The van der Waals surface area contributed by atoms with Gasteiger partial charge in [0.1, 0.15) is 0 Å². The van der Waals surface area contributed by atoms with Crippen molar-refractivity contribution in [3.63, 3.8) is 0 Å². The predicted molar refractivity (Wildman–Crippen MR) is 101 cm³/mol. The van der Waals surface area contributed by atoms with Gasteiger partial charge in [0.05, 0.1) is 12.1 Å². The summed E-state index contributed by atoms with van der Waals surface area (Å²) in [6.45, 7) is 13.0. The second-order valence-corrected chi connectivity index (χ2v) is 9.89. The minimum atomic E-state index is -3.70. The van der Waals surface area contributed by atoms with E-state index in [4.69, 9.17) is 0 Å². The lowest BCUT2D eigenvalue weighted by Gasteiger charge is -2.37. The van der Waals surface area contributed by atoms with E-state index in [0.29, 0.717) is 6.42 Å². The van der Waals surface area contributed by atoms with Crippen molar-refractivity contribution in [3.05, 3.63) is 0 Å². The molecule has 3 atom stereocenters. The summed E-state index contributed by atoms with van der Waals surface area (Å²) >= 11 is 0. The average Bonchev–Trinajstić information content (AvgIpc) is 2.52. The SMILES string of the molecule is CCC(C)(C)N(C)S(=O)(=O)N(C)CC(O)C(C)NC(=O)C(C)C(C)C. The van der Waals surface area contributed by atoms with Crippen molar-refractivity contribution >= 4 is 16.1 Å². The van der Waals surface area contributed by atoms with Crippen molar-refractivity contribution in [2.24, 2.45) is 11.8 Å². The maximum Gasteiger partial charge on any atom is 0.282 e. The molecule has 0 aromatic carbocycles. The van der Waals surface area contributed by atoms with Crippen LogP contribution in [0, 0.1) is 11.8 Å². The molecule has 3 unspecified atom stereocenters. The van der Waals surface area contributed by atoms with Crippen LogP contribution in [0.15, 0.2) is 0 Å². The fraction of sp³-hybridized carbons (Fsp3) is 0.941. The largest absolute Gasteiger partial charge is 0.390 e. The van der Waals surface area contributed by atoms with Crippen LogP contribution in [-0.2, 0) is 15.0 Å². The van der Waals surface area contributed by atoms with E-state index >= 15 is 0 Å². The fourth-order valence-electron chi connectivity index (χ4n) is 2.01. The molecule has 0 rings (SSSR count). The first-order valence-corrected chi connectivity index (χ1v) is 10.3. The van der Waals surface area contributed by atoms with Crippen LogP contribution >= 0.6 is 0 Å². The third kappa shape index (κ3) is 6.51. The van der Waals surface area contributed by atoms with E-state index in [9.17, 15) is 18.3 Å². The summed E-state index contributed by atoms with van der Waals surface area (Å²) in [6, 6.07) is -0.546. The van der Waals surface area contributed by atoms with E-state index in [1.54, 1.807) is 6.92 Å². The lowest BCUT2D eigenvalue weighted by Crippen LogP contribution is -2.53. The first kappa shape index (κ1) is 24.3. The minimum absolute atomic E-state index is 0.0933. The molecule has 0 aliphatic carbocycles. The Balaban J connectivity index is 4.94. The summed E-state index contributed by atoms with van der Waals surface area (Å²) in [4.78, 5) is 12.1. The number of carbonyl (C=O) groups excluding carboxylic acids is 1. The second-order valence-electron chi connectivity index (χ2n) is 7.82. The summed E-state index contributed by atoms with van der Waals surface area (Å²) in [6.07, 6.45) is -0.334. The summed E-state index contributed by atoms with van der Waals surface area (Å²) in [5, 5.41) is 13.1. The highest BCUT2D eigenvalue weighted by atomic mass is 32.2. The Kier molecular flexibility index (Phi) is 9.04. The first-order valence-electron chi connectivity index (χ1n) is 8.87. The van der Waals surface area contributed by atoms with Crippen LogP contribution < -0.4 is 5.32 Å². The molecule has 0 bridgehead atoms. The van der Waals surface area contributed by atoms with Crippen LogP contribution in [0.2, 0.25) is 0 Å². The fourth-order valence-corrected chi connectivity index (χ4v) is 3.53. The Labute approximate surface area is 153 Å². The minimum Gasteiger partial charge on any atom is -0.390 e. The van der Waals surface area contributed by atoms with E-state index < -0.39 is 27.9 Å². The van der Waals surface area contributed by atoms with E-state index in [1.165, 1.54) is 18.4 Å². The van der Waals surface area contributed by atoms with Gasteiger partial charge < -0.3 is 10.4 Å². The quantitative estimate of drug-likeness (QED) is 0.601. The molecule has 0 aliphatic rings. The Morgan fingerprint density at radius 1 is 1.16 bits per heavy atom. The number of hydrogen-bond acceptors (Lipinski definition) is 4. The number of carbonyl (C=O) groups is 1. The van der Waals surface area contributed by atoms with Crippen molar-refractivity contribution in [1.82, 2.24) is 13.9 Å². The normalized spacial score (nSPS) is 17.0. The molecule has 8 heteroatoms. The number of rotatable bonds is 10. The molecule has 0 aromatic rings. The number of nitrogens with one attached hydrogen (secondary N) is 1. The summed E-state index contributed by atoms with van der Waals surface area (Å²) < 4.78 is 27.8. The molecule has 0 radical (unpaired) electrons. The van der Waals surface area contributed by atoms with Crippen molar-refractivity contribution in [2.45, 2.75) is 72.6 Å². The molecule has 0 spiro atoms. The molecule has 0 heterocycles. The van der Waals surface area contributed by atoms with Gasteiger partial charge in [-0.25, -0.2) is 0 Å². The molecule has 2 N–H and O–H groups in total. The van der Waals surface area contributed by atoms with Gasteiger partial charge in [-0.1, -0.05) is 27.7 Å². The highest BCUT2D eigenvalue weighted by molar-refractivity contribution is 7.86. The third-order valence-corrected chi connectivity index (χ3v) is 7.39. The van der Waals surface area contributed by atoms with Gasteiger partial charge in [0.25, 0.3) is 10.2 Å². The molecular weight excluding hydrogens is 342 g/mol. The number of likely N-dealkylation sites (N-methyl/N-ethyl adjacent to an activating group) is 1. The number of amides is 1. The van der Waals surface area contributed by atoms with Crippen molar-refractivity contribution < 1.29 is 18.3 Å². The summed E-state index contributed by atoms with van der Waals surface area (Å²) in [5.74, 6) is -0.124. The third-order valence-electron chi connectivity index (χ3n) is 5.26. The Morgan fingerprint density at radius 3 is 2.04 bits per heavy atom. The summed E-state index contributed by atoms with van der Waals surface area (Å²) in [7, 11) is -0.726. The van der Waals surface area contributed by atoms with Gasteiger partial charge >= 0.3 is 0 Å². The number of nitrogens with zero attached hydrogens (tertiary/aromatic N) is 2. The first-order chi connectivity index (χ1) is 11.2. The smallest absolute Gasteiger partial charge is 0.282 e. The Morgan fingerprint density at radius 2 is 1.64 bits per heavy atom. The van der Waals surface area contributed by atoms with Crippen molar-refractivity contribution in [2.75, 3.05) is 20.6 Å². The molecule has 1 amide bonds. The number of aliphatic hydroxyl groups excluding tert-OH is 1. The maximum atomic E-state index is 12.7. The maximum absolute atomic E-state index is 12.7. The monoisotopic (exact) mass is 379 g/mol. The van der Waals surface area contributed by atoms with Crippen LogP contribution in [0.5, 0.6) is 0 Å². The average molecular weight is 380 g/mol. The van der Waals surface area contributed by atoms with Crippen molar-refractivity contribution in [3.8, 4) is 0 Å². The molecule has 0 aromatic heterocycles. The highest BCUT2D eigenvalue weighted by Gasteiger charge is 2.35. The molecule has 25 heavy (non-hydrogen) atoms. The zero-order chi connectivity index (χ0) is 20.2. The van der Waals surface area contributed by atoms with E-state index in [2.05, 4.69) is 5.32 Å². The predicted octanol–water partition coefficient (Wildman–Crippen LogP) is 1.44. The van der Waals surface area contributed by atoms with E-state index in [0.717, 1.165) is 4.31 Å². The zero-order valence-corrected chi connectivity index (χ0v) is 18.0. The van der Waals surface area contributed by atoms with Gasteiger partial charge in [0, 0.05) is 32.1 Å². The van der Waals surface area contributed by atoms with Gasteiger partial charge in [0.2, 0.25) is 5.91 Å². The Hall–Kier alpha value is -0.700. The highest BCUT2D eigenvalue weighted by Crippen LogP contribution is 2.22. The van der Waals surface area contributed by atoms with Gasteiger partial charge in [-0.15, -0.1) is 0 Å². The van der Waals surface area contributed by atoms with Gasteiger partial charge in [-0.3, -0.25) is 4.79 Å².